The van der Waals surface area contributed by atoms with Gasteiger partial charge < -0.3 is 0 Å². The molecule has 0 aromatic heterocycles. The summed E-state index contributed by atoms with van der Waals surface area (Å²) in [6, 6.07) is 32.3. The van der Waals surface area contributed by atoms with Crippen LogP contribution in [0.3, 0.4) is 0 Å². The summed E-state index contributed by atoms with van der Waals surface area (Å²) in [6.45, 7) is 2.24. The molecule has 0 N–H and O–H groups in total. The molecule has 0 spiro atoms. The van der Waals surface area contributed by atoms with Crippen LogP contribution in [0.25, 0.3) is 0 Å². The van der Waals surface area contributed by atoms with Crippen LogP contribution < -0.4 is 10.6 Å². The van der Waals surface area contributed by atoms with Gasteiger partial charge in [0, 0.05) is 23.7 Å². The van der Waals surface area contributed by atoms with E-state index < -0.39 is 7.21 Å². The van der Waals surface area contributed by atoms with E-state index in [0.717, 1.165) is 18.8 Å². The first-order valence-corrected chi connectivity index (χ1v) is 11.1. The lowest BCUT2D eigenvalue weighted by molar-refractivity contribution is 0.370. The molecule has 0 unspecified atom stereocenters. The molecule has 26 heavy (non-hydrogen) atoms. The smallest absolute Gasteiger partial charge is 0.0950 e. The van der Waals surface area contributed by atoms with Crippen molar-refractivity contribution in [2.24, 2.45) is 4.74 Å². The van der Waals surface area contributed by atoms with Gasteiger partial charge in [0.15, 0.2) is 0 Å². The summed E-state index contributed by atoms with van der Waals surface area (Å²) < 4.78 is 8.17. The van der Waals surface area contributed by atoms with Crippen LogP contribution in [0.1, 0.15) is 19.3 Å². The SMILES string of the molecule is c1ccc(N=P(c2ccccc2)(c2ccccc2)N2CCCCC2)cc1. The summed E-state index contributed by atoms with van der Waals surface area (Å²) >= 11 is 0. The number of hydrogen-bond donors (Lipinski definition) is 0. The van der Waals surface area contributed by atoms with Crippen molar-refractivity contribution < 1.29 is 0 Å². The Morgan fingerprint density at radius 3 is 1.54 bits per heavy atom. The maximum atomic E-state index is 5.49. The fourth-order valence-corrected chi connectivity index (χ4v) is 7.57. The molecule has 0 amide bonds. The Bertz CT molecular complexity index is 826. The molecule has 132 valence electrons. The predicted octanol–water partition coefficient (Wildman–Crippen LogP) is 5.57. The molecule has 3 heteroatoms. The van der Waals surface area contributed by atoms with Gasteiger partial charge in [0.05, 0.1) is 12.9 Å². The molecule has 1 heterocycles. The minimum absolute atomic E-state index is 1.07. The van der Waals surface area contributed by atoms with Gasteiger partial charge in [-0.1, -0.05) is 85.3 Å². The van der Waals surface area contributed by atoms with Gasteiger partial charge in [-0.15, -0.1) is 0 Å². The lowest BCUT2D eigenvalue weighted by atomic mass is 10.2. The highest BCUT2D eigenvalue weighted by molar-refractivity contribution is 7.78. The van der Waals surface area contributed by atoms with Crippen molar-refractivity contribution in [3.8, 4) is 0 Å². The second kappa shape index (κ2) is 8.03. The van der Waals surface area contributed by atoms with Crippen molar-refractivity contribution in [2.45, 2.75) is 19.3 Å². The summed E-state index contributed by atoms with van der Waals surface area (Å²) in [6.07, 6.45) is 3.84. The summed E-state index contributed by atoms with van der Waals surface area (Å²) in [5.74, 6) is 0. The van der Waals surface area contributed by atoms with Gasteiger partial charge in [0.25, 0.3) is 0 Å². The molecule has 0 aliphatic carbocycles. The fraction of sp³-hybridized carbons (Fsp3) is 0.217. The zero-order valence-corrected chi connectivity index (χ0v) is 15.9. The Hall–Kier alpha value is -2.15. The maximum absolute atomic E-state index is 5.49. The monoisotopic (exact) mass is 360 g/mol. The van der Waals surface area contributed by atoms with E-state index in [2.05, 4.69) is 95.7 Å². The summed E-state index contributed by atoms with van der Waals surface area (Å²) in [5, 5.41) is 2.69. The second-order valence-corrected chi connectivity index (χ2v) is 9.72. The zero-order valence-electron chi connectivity index (χ0n) is 15.0. The van der Waals surface area contributed by atoms with Crippen LogP contribution in [-0.2, 0) is 0 Å². The Morgan fingerprint density at radius 1 is 0.577 bits per heavy atom. The fourth-order valence-electron chi connectivity index (χ4n) is 3.75. The number of benzene rings is 3. The third-order valence-corrected chi connectivity index (χ3v) is 8.77. The highest BCUT2D eigenvalue weighted by Crippen LogP contribution is 2.54. The van der Waals surface area contributed by atoms with Crippen LogP contribution in [0.4, 0.5) is 5.69 Å². The van der Waals surface area contributed by atoms with Gasteiger partial charge in [-0.2, -0.15) is 0 Å². The summed E-state index contributed by atoms with van der Waals surface area (Å²) in [4.78, 5) is 0. The molecular formula is C23H25N2P. The Morgan fingerprint density at radius 2 is 1.04 bits per heavy atom. The van der Waals surface area contributed by atoms with E-state index in [0.29, 0.717) is 0 Å². The third kappa shape index (κ3) is 3.40. The molecule has 4 rings (SSSR count). The van der Waals surface area contributed by atoms with Crippen LogP contribution in [0, 0.1) is 0 Å². The molecule has 2 nitrogen and oxygen atoms in total. The van der Waals surface area contributed by atoms with E-state index >= 15 is 0 Å². The molecule has 0 atom stereocenters. The second-order valence-electron chi connectivity index (χ2n) is 6.72. The number of nitrogens with zero attached hydrogens (tertiary/aromatic N) is 2. The van der Waals surface area contributed by atoms with Crippen molar-refractivity contribution in [3.05, 3.63) is 91.0 Å². The normalized spacial score (nSPS) is 15.5. The average molecular weight is 360 g/mol. The zero-order chi connectivity index (χ0) is 17.7. The van der Waals surface area contributed by atoms with E-state index in [9.17, 15) is 0 Å². The first kappa shape index (κ1) is 17.3. The van der Waals surface area contributed by atoms with Gasteiger partial charge >= 0.3 is 0 Å². The standard InChI is InChI=1S/C23H25N2P/c1-5-13-21(14-6-1)24-26(22-15-7-2-8-16-22,23-17-9-3-10-18-23)25-19-11-4-12-20-25/h1-3,5-10,13-18H,4,11-12,19-20H2. The van der Waals surface area contributed by atoms with Gasteiger partial charge in [-0.05, 0) is 25.0 Å². The summed E-state index contributed by atoms with van der Waals surface area (Å²) in [5.41, 5.74) is 1.07. The molecule has 3 aromatic carbocycles. The molecule has 1 aliphatic rings. The van der Waals surface area contributed by atoms with Crippen molar-refractivity contribution in [2.75, 3.05) is 13.1 Å². The van der Waals surface area contributed by atoms with Crippen LogP contribution in [-0.4, -0.2) is 17.8 Å². The van der Waals surface area contributed by atoms with E-state index in [1.165, 1.54) is 29.9 Å². The van der Waals surface area contributed by atoms with Gasteiger partial charge in [-0.3, -0.25) is 4.67 Å². The van der Waals surface area contributed by atoms with Crippen LogP contribution >= 0.6 is 7.21 Å². The largest absolute Gasteiger partial charge is 0.262 e. The minimum atomic E-state index is -2.04. The van der Waals surface area contributed by atoms with E-state index in [1.54, 1.807) is 0 Å². The summed E-state index contributed by atoms with van der Waals surface area (Å²) in [7, 11) is -2.04. The molecule has 1 fully saturated rings. The first-order chi connectivity index (χ1) is 12.9. The van der Waals surface area contributed by atoms with Crippen LogP contribution in [0.5, 0.6) is 0 Å². The number of piperidine rings is 1. The molecule has 0 radical (unpaired) electrons. The van der Waals surface area contributed by atoms with Gasteiger partial charge in [-0.25, -0.2) is 4.74 Å². The van der Waals surface area contributed by atoms with Gasteiger partial charge in [0.2, 0.25) is 0 Å². The number of rotatable bonds is 4. The highest BCUT2D eigenvalue weighted by atomic mass is 31.2. The molecule has 0 bridgehead atoms. The predicted molar refractivity (Wildman–Crippen MR) is 113 cm³/mol. The van der Waals surface area contributed by atoms with Crippen LogP contribution in [0.2, 0.25) is 0 Å². The average Bonchev–Trinajstić information content (AvgIpc) is 2.75. The van der Waals surface area contributed by atoms with Crippen molar-refractivity contribution >= 4 is 23.5 Å². The molecule has 1 aliphatic heterocycles. The Labute approximate surface area is 156 Å². The molecule has 0 saturated carbocycles. The lowest BCUT2D eigenvalue weighted by Gasteiger charge is -2.39. The molecular weight excluding hydrogens is 335 g/mol. The maximum Gasteiger partial charge on any atom is 0.0950 e. The van der Waals surface area contributed by atoms with Crippen molar-refractivity contribution in [1.29, 1.82) is 0 Å². The van der Waals surface area contributed by atoms with E-state index in [-0.39, 0.29) is 0 Å². The Kier molecular flexibility index (Phi) is 5.34. The third-order valence-electron chi connectivity index (χ3n) is 4.99. The quantitative estimate of drug-likeness (QED) is 0.555. The van der Waals surface area contributed by atoms with Crippen molar-refractivity contribution in [1.82, 2.24) is 4.67 Å². The lowest BCUT2D eigenvalue weighted by Crippen LogP contribution is -2.36. The topological polar surface area (TPSA) is 15.6 Å². The van der Waals surface area contributed by atoms with E-state index in [1.807, 2.05) is 0 Å². The molecule has 3 aromatic rings. The van der Waals surface area contributed by atoms with E-state index in [4.69, 9.17) is 4.74 Å². The Balaban J connectivity index is 2.01. The van der Waals surface area contributed by atoms with Gasteiger partial charge in [0.1, 0.15) is 0 Å². The number of hydrogen-bond acceptors (Lipinski definition) is 1. The minimum Gasteiger partial charge on any atom is -0.262 e. The van der Waals surface area contributed by atoms with Crippen LogP contribution in [0.15, 0.2) is 95.7 Å². The molecule has 1 saturated heterocycles. The van der Waals surface area contributed by atoms with Crippen molar-refractivity contribution in [3.63, 3.8) is 0 Å². The first-order valence-electron chi connectivity index (χ1n) is 9.44. The highest BCUT2D eigenvalue weighted by Gasteiger charge is 2.32.